The predicted octanol–water partition coefficient (Wildman–Crippen LogP) is 5.41. The maximum absolute atomic E-state index is 14.7. The van der Waals surface area contributed by atoms with Crippen molar-refractivity contribution in [3.63, 3.8) is 0 Å². The van der Waals surface area contributed by atoms with Gasteiger partial charge in [0.2, 0.25) is 5.91 Å². The minimum absolute atomic E-state index is 0.126. The van der Waals surface area contributed by atoms with E-state index in [0.29, 0.717) is 23.7 Å². The summed E-state index contributed by atoms with van der Waals surface area (Å²) in [4.78, 5) is 28.5. The first-order valence-electron chi connectivity index (χ1n) is 14.2. The second kappa shape index (κ2) is 12.2. The molecule has 224 valence electrons. The van der Waals surface area contributed by atoms with Crippen LogP contribution in [-0.4, -0.2) is 88.7 Å². The van der Waals surface area contributed by atoms with Gasteiger partial charge in [0, 0.05) is 40.7 Å². The Bertz CT molecular complexity index is 1960. The largest absolute Gasteiger partial charge is 0.492 e. The number of pyridine rings is 2. The van der Waals surface area contributed by atoms with E-state index in [1.54, 1.807) is 23.5 Å². The minimum atomic E-state index is -0.357. The van der Waals surface area contributed by atoms with Crippen LogP contribution in [-0.2, 0) is 4.79 Å². The van der Waals surface area contributed by atoms with E-state index in [0.717, 1.165) is 56.4 Å². The molecule has 2 aromatic carbocycles. The second-order valence-corrected chi connectivity index (χ2v) is 11.2. The van der Waals surface area contributed by atoms with Gasteiger partial charge in [-0.3, -0.25) is 19.9 Å². The number of carbonyl (C=O) groups is 1. The van der Waals surface area contributed by atoms with Gasteiger partial charge in [0.05, 0.1) is 41.5 Å². The van der Waals surface area contributed by atoms with Crippen LogP contribution in [0.2, 0.25) is 0 Å². The van der Waals surface area contributed by atoms with Gasteiger partial charge in [0.25, 0.3) is 0 Å². The molecule has 1 amide bonds. The van der Waals surface area contributed by atoms with Gasteiger partial charge in [0.1, 0.15) is 23.9 Å². The van der Waals surface area contributed by atoms with E-state index in [9.17, 15) is 9.18 Å². The zero-order chi connectivity index (χ0) is 30.8. The quantitative estimate of drug-likeness (QED) is 0.195. The maximum atomic E-state index is 14.7. The van der Waals surface area contributed by atoms with Crippen LogP contribution < -0.4 is 10.1 Å². The van der Waals surface area contributed by atoms with Crippen LogP contribution in [0.15, 0.2) is 73.2 Å². The number of rotatable bonds is 10. The number of nitrogens with zero attached hydrogens (tertiary/aromatic N) is 5. The highest BCUT2D eigenvalue weighted by Gasteiger charge is 2.16. The molecule has 3 N–H and O–H groups in total. The molecule has 6 rings (SSSR count). The van der Waals surface area contributed by atoms with Crippen LogP contribution in [0.4, 0.5) is 10.1 Å². The molecule has 0 aliphatic heterocycles. The molecule has 0 saturated heterocycles. The monoisotopic (exact) mass is 592 g/mol. The highest BCUT2D eigenvalue weighted by Crippen LogP contribution is 2.36. The third-order valence-corrected chi connectivity index (χ3v) is 7.13. The summed E-state index contributed by atoms with van der Waals surface area (Å²) in [6.07, 6.45) is 5.05. The molecule has 0 bridgehead atoms. The smallest absolute Gasteiger partial charge is 0.238 e. The Kier molecular flexibility index (Phi) is 8.05. The lowest BCUT2D eigenvalue weighted by molar-refractivity contribution is -0.116. The topological polar surface area (TPSA) is 115 Å². The van der Waals surface area contributed by atoms with Crippen molar-refractivity contribution in [2.45, 2.75) is 0 Å². The summed E-state index contributed by atoms with van der Waals surface area (Å²) in [5.41, 5.74) is 6.84. The summed E-state index contributed by atoms with van der Waals surface area (Å²) in [6, 6.07) is 16.5. The average Bonchev–Trinajstić information content (AvgIpc) is 3.60. The zero-order valence-corrected chi connectivity index (χ0v) is 25.0. The summed E-state index contributed by atoms with van der Waals surface area (Å²) in [6.45, 7) is 1.46. The van der Waals surface area contributed by atoms with E-state index < -0.39 is 0 Å². The second-order valence-electron chi connectivity index (χ2n) is 11.2. The van der Waals surface area contributed by atoms with Gasteiger partial charge in [-0.25, -0.2) is 4.39 Å². The van der Waals surface area contributed by atoms with Crippen LogP contribution >= 0.6 is 0 Å². The highest BCUT2D eigenvalue weighted by atomic mass is 19.1. The molecular formula is C33H33FN8O2. The normalized spacial score (nSPS) is 11.6. The fourth-order valence-corrected chi connectivity index (χ4v) is 5.10. The number of benzene rings is 2. The molecule has 11 heteroatoms. The summed E-state index contributed by atoms with van der Waals surface area (Å²) in [5, 5.41) is 12.4. The fourth-order valence-electron chi connectivity index (χ4n) is 5.10. The predicted molar refractivity (Wildman–Crippen MR) is 171 cm³/mol. The van der Waals surface area contributed by atoms with E-state index in [-0.39, 0.29) is 18.3 Å². The molecule has 0 fully saturated rings. The lowest BCUT2D eigenvalue weighted by Crippen LogP contribution is -2.27. The number of ether oxygens (including phenoxy) is 1. The number of amides is 1. The van der Waals surface area contributed by atoms with Crippen molar-refractivity contribution in [3.8, 4) is 39.5 Å². The molecule has 0 radical (unpaired) electrons. The van der Waals surface area contributed by atoms with Crippen molar-refractivity contribution in [3.05, 3.63) is 79.0 Å². The lowest BCUT2D eigenvalue weighted by atomic mass is 10.0. The van der Waals surface area contributed by atoms with Crippen molar-refractivity contribution in [2.75, 3.05) is 53.2 Å². The summed E-state index contributed by atoms with van der Waals surface area (Å²) in [7, 11) is 7.61. The molecule has 0 spiro atoms. The summed E-state index contributed by atoms with van der Waals surface area (Å²) in [5.74, 6) is 0.00649. The number of fused-ring (bicyclic) bond motifs is 2. The molecule has 0 aliphatic rings. The molecule has 10 nitrogen and oxygen atoms in total. The summed E-state index contributed by atoms with van der Waals surface area (Å²) < 4.78 is 20.5. The van der Waals surface area contributed by atoms with Crippen molar-refractivity contribution in [2.24, 2.45) is 0 Å². The number of nitrogens with one attached hydrogen (secondary N) is 3. The van der Waals surface area contributed by atoms with E-state index in [4.69, 9.17) is 4.74 Å². The lowest BCUT2D eigenvalue weighted by Gasteiger charge is -2.12. The fraction of sp³-hybridized carbons (Fsp3) is 0.212. The molecule has 0 atom stereocenters. The van der Waals surface area contributed by atoms with Gasteiger partial charge in [-0.2, -0.15) is 5.10 Å². The first kappa shape index (κ1) is 29.0. The molecule has 0 saturated carbocycles. The van der Waals surface area contributed by atoms with Gasteiger partial charge in [-0.15, -0.1) is 0 Å². The van der Waals surface area contributed by atoms with Gasteiger partial charge in [-0.05, 0) is 75.7 Å². The number of aromatic amines is 2. The highest BCUT2D eigenvalue weighted by molar-refractivity contribution is 6.01. The number of halogens is 1. The number of anilines is 1. The molecule has 6 aromatic rings. The Morgan fingerprint density at radius 2 is 1.80 bits per heavy atom. The molecule has 4 aromatic heterocycles. The maximum Gasteiger partial charge on any atom is 0.238 e. The Morgan fingerprint density at radius 1 is 0.932 bits per heavy atom. The van der Waals surface area contributed by atoms with Crippen molar-refractivity contribution >= 4 is 33.4 Å². The Morgan fingerprint density at radius 3 is 2.61 bits per heavy atom. The van der Waals surface area contributed by atoms with E-state index in [2.05, 4.69) is 30.5 Å². The van der Waals surface area contributed by atoms with Crippen LogP contribution in [0.3, 0.4) is 0 Å². The number of hydrogen-bond acceptors (Lipinski definition) is 7. The third-order valence-electron chi connectivity index (χ3n) is 7.13. The number of hydrogen-bond donors (Lipinski definition) is 3. The van der Waals surface area contributed by atoms with Crippen LogP contribution in [0.25, 0.3) is 55.6 Å². The average molecular weight is 593 g/mol. The number of H-pyrrole nitrogens is 2. The van der Waals surface area contributed by atoms with E-state index in [1.807, 2.05) is 75.6 Å². The summed E-state index contributed by atoms with van der Waals surface area (Å²) >= 11 is 0. The first-order chi connectivity index (χ1) is 21.2. The Hall–Kier alpha value is -5.13. The van der Waals surface area contributed by atoms with Crippen LogP contribution in [0.1, 0.15) is 0 Å². The molecule has 44 heavy (non-hydrogen) atoms. The van der Waals surface area contributed by atoms with Gasteiger partial charge < -0.3 is 24.8 Å². The zero-order valence-electron chi connectivity index (χ0n) is 25.0. The minimum Gasteiger partial charge on any atom is -0.492 e. The van der Waals surface area contributed by atoms with Crippen LogP contribution in [0, 0.1) is 5.82 Å². The Balaban J connectivity index is 1.33. The molecular weight excluding hydrogens is 559 g/mol. The first-order valence-corrected chi connectivity index (χ1v) is 14.2. The standard InChI is InChI=1S/C33H33FN8O2/c1-41(2)8-9-44-24-12-20(10-22(34)13-24)25-6-5-7-28-26(25)14-30(38-28)33-27-15-29(36-18-31(27)39-40-33)21-11-23(17-35-16-21)37-32(43)19-42(3)4/h5-7,10-18,38H,8-9,19H2,1-4H3,(H,37,43)(H,39,40). The number of aromatic nitrogens is 5. The molecule has 0 aliphatic carbocycles. The van der Waals surface area contributed by atoms with Crippen molar-refractivity contribution < 1.29 is 13.9 Å². The van der Waals surface area contributed by atoms with Crippen molar-refractivity contribution in [1.82, 2.24) is 34.9 Å². The van der Waals surface area contributed by atoms with E-state index in [1.165, 1.54) is 12.1 Å². The Labute approximate surface area is 253 Å². The van der Waals surface area contributed by atoms with Gasteiger partial charge in [-0.1, -0.05) is 12.1 Å². The van der Waals surface area contributed by atoms with Crippen LogP contribution in [0.5, 0.6) is 5.75 Å². The molecule has 0 unspecified atom stereocenters. The van der Waals surface area contributed by atoms with E-state index >= 15 is 0 Å². The number of likely N-dealkylation sites (N-methyl/N-ethyl adjacent to an activating group) is 2. The van der Waals surface area contributed by atoms with Gasteiger partial charge in [0.15, 0.2) is 0 Å². The van der Waals surface area contributed by atoms with Gasteiger partial charge >= 0.3 is 0 Å². The SMILES string of the molecule is CN(C)CCOc1cc(F)cc(-c2cccc3[nH]c(-c4n[nH]c5cnc(-c6cncc(NC(=O)CN(C)C)c6)cc45)cc23)c1. The van der Waals surface area contributed by atoms with Crippen molar-refractivity contribution in [1.29, 1.82) is 0 Å². The number of carbonyl (C=O) groups excluding carboxylic acids is 1. The molecule has 4 heterocycles. The third kappa shape index (κ3) is 6.29.